The van der Waals surface area contributed by atoms with Crippen LogP contribution in [0.15, 0.2) is 5.03 Å². The van der Waals surface area contributed by atoms with Crippen molar-refractivity contribution in [3.05, 3.63) is 11.3 Å². The number of aromatic amines is 1. The van der Waals surface area contributed by atoms with Crippen LogP contribution in [0.3, 0.4) is 0 Å². The summed E-state index contributed by atoms with van der Waals surface area (Å²) in [7, 11) is -3.52. The van der Waals surface area contributed by atoms with E-state index in [1.54, 1.807) is 0 Å². The van der Waals surface area contributed by atoms with Crippen molar-refractivity contribution >= 4 is 10.0 Å². The van der Waals surface area contributed by atoms with Crippen molar-refractivity contribution in [2.45, 2.75) is 57.5 Å². The molecule has 0 atom stereocenters. The average molecular weight is 314 g/mol. The monoisotopic (exact) mass is 314 g/mol. The van der Waals surface area contributed by atoms with Gasteiger partial charge in [0.1, 0.15) is 0 Å². The highest BCUT2D eigenvalue weighted by Gasteiger charge is 2.24. The van der Waals surface area contributed by atoms with Gasteiger partial charge < -0.3 is 5.32 Å². The molecule has 0 amide bonds. The topological polar surface area (TPSA) is 86.9 Å². The lowest BCUT2D eigenvalue weighted by atomic mass is 9.83. The number of hydrogen-bond donors (Lipinski definition) is 3. The summed E-state index contributed by atoms with van der Waals surface area (Å²) in [5.74, 6) is 0.694. The molecule has 1 aliphatic carbocycles. The maximum Gasteiger partial charge on any atom is 0.260 e. The van der Waals surface area contributed by atoms with Crippen molar-refractivity contribution in [3.63, 3.8) is 0 Å². The molecular weight excluding hydrogens is 288 g/mol. The average Bonchev–Trinajstić information content (AvgIpc) is 2.75. The largest absolute Gasteiger partial charge is 0.313 e. The van der Waals surface area contributed by atoms with Crippen molar-refractivity contribution in [2.24, 2.45) is 5.92 Å². The van der Waals surface area contributed by atoms with Gasteiger partial charge in [0.15, 0.2) is 5.03 Å². The first-order chi connectivity index (χ1) is 10.0. The molecule has 7 heteroatoms. The smallest absolute Gasteiger partial charge is 0.260 e. The molecule has 0 bridgehead atoms. The summed E-state index contributed by atoms with van der Waals surface area (Å²) in [6.07, 6.45) is 5.68. The Morgan fingerprint density at radius 1 is 1.33 bits per heavy atom. The number of H-pyrrole nitrogens is 1. The Labute approximate surface area is 127 Å². The van der Waals surface area contributed by atoms with Gasteiger partial charge in [0.25, 0.3) is 10.0 Å². The van der Waals surface area contributed by atoms with E-state index in [1.807, 2.05) is 6.92 Å². The predicted octanol–water partition coefficient (Wildman–Crippen LogP) is 1.69. The third-order valence-corrected chi connectivity index (χ3v) is 5.52. The minimum atomic E-state index is -3.52. The number of aryl methyl sites for hydroxylation is 1. The highest BCUT2D eigenvalue weighted by molar-refractivity contribution is 7.89. The molecule has 1 aromatic heterocycles. The lowest BCUT2D eigenvalue weighted by molar-refractivity contribution is 0.297. The van der Waals surface area contributed by atoms with Crippen LogP contribution in [-0.2, 0) is 16.6 Å². The van der Waals surface area contributed by atoms with Gasteiger partial charge in [-0.05, 0) is 32.2 Å². The zero-order valence-corrected chi connectivity index (χ0v) is 13.7. The second kappa shape index (κ2) is 7.38. The van der Waals surface area contributed by atoms with Gasteiger partial charge in [-0.3, -0.25) is 5.10 Å². The molecule has 6 nitrogen and oxygen atoms in total. The number of aromatic nitrogens is 2. The lowest BCUT2D eigenvalue weighted by Crippen LogP contribution is -2.29. The Hall–Kier alpha value is -0.920. The van der Waals surface area contributed by atoms with E-state index in [0.717, 1.165) is 30.6 Å². The van der Waals surface area contributed by atoms with Gasteiger partial charge in [0.2, 0.25) is 0 Å². The molecule has 0 saturated heterocycles. The van der Waals surface area contributed by atoms with Crippen LogP contribution in [0.1, 0.15) is 50.3 Å². The fraction of sp³-hybridized carbons (Fsp3) is 0.786. The number of nitrogens with one attached hydrogen (secondary N) is 3. The Balaban J connectivity index is 1.97. The molecule has 0 radical (unpaired) electrons. The van der Waals surface area contributed by atoms with Gasteiger partial charge in [-0.25, -0.2) is 13.1 Å². The Bertz CT molecular complexity index is 549. The van der Waals surface area contributed by atoms with Gasteiger partial charge in [0, 0.05) is 24.3 Å². The number of hydrogen-bond acceptors (Lipinski definition) is 4. The van der Waals surface area contributed by atoms with Crippen LogP contribution in [0.4, 0.5) is 0 Å². The van der Waals surface area contributed by atoms with Gasteiger partial charge in [-0.2, -0.15) is 5.10 Å². The zero-order chi connectivity index (χ0) is 15.3. The molecule has 1 heterocycles. The molecule has 1 aliphatic rings. The van der Waals surface area contributed by atoms with Crippen molar-refractivity contribution < 1.29 is 8.42 Å². The number of sulfonamides is 1. The Kier molecular flexibility index (Phi) is 5.78. The molecule has 120 valence electrons. The van der Waals surface area contributed by atoms with Crippen LogP contribution >= 0.6 is 0 Å². The van der Waals surface area contributed by atoms with Crippen molar-refractivity contribution in [2.75, 3.05) is 13.1 Å². The third kappa shape index (κ3) is 4.28. The van der Waals surface area contributed by atoms with Crippen LogP contribution in [0, 0.1) is 12.8 Å². The normalized spacial score (nSPS) is 16.1. The molecular formula is C14H26N4O2S. The summed E-state index contributed by atoms with van der Waals surface area (Å²) in [5, 5.41) is 10.1. The van der Waals surface area contributed by atoms with E-state index in [2.05, 4.69) is 27.2 Å². The van der Waals surface area contributed by atoms with Crippen molar-refractivity contribution in [3.8, 4) is 0 Å². The minimum absolute atomic E-state index is 0.136. The van der Waals surface area contributed by atoms with Crippen LogP contribution < -0.4 is 10.0 Å². The summed E-state index contributed by atoms with van der Waals surface area (Å²) in [6.45, 7) is 5.81. The third-order valence-electron chi connectivity index (χ3n) is 4.09. The van der Waals surface area contributed by atoms with E-state index in [-0.39, 0.29) is 5.03 Å². The summed E-state index contributed by atoms with van der Waals surface area (Å²) in [4.78, 5) is 0. The first-order valence-corrected chi connectivity index (χ1v) is 9.27. The summed E-state index contributed by atoms with van der Waals surface area (Å²) in [6, 6.07) is 0. The molecule has 1 aromatic rings. The second-order valence-corrected chi connectivity index (χ2v) is 7.47. The highest BCUT2D eigenvalue weighted by atomic mass is 32.2. The SMILES string of the molecule is CCCNCc1c(S(=O)(=O)NCCC2CCC2)n[nH]c1C. The molecule has 0 spiro atoms. The van der Waals surface area contributed by atoms with Crippen LogP contribution in [0.5, 0.6) is 0 Å². The van der Waals surface area contributed by atoms with Gasteiger partial charge >= 0.3 is 0 Å². The van der Waals surface area contributed by atoms with E-state index in [4.69, 9.17) is 0 Å². The molecule has 1 saturated carbocycles. The molecule has 3 N–H and O–H groups in total. The van der Waals surface area contributed by atoms with Crippen molar-refractivity contribution in [1.82, 2.24) is 20.2 Å². The first kappa shape index (κ1) is 16.5. The van der Waals surface area contributed by atoms with E-state index >= 15 is 0 Å². The minimum Gasteiger partial charge on any atom is -0.313 e. The molecule has 1 fully saturated rings. The molecule has 0 unspecified atom stereocenters. The lowest BCUT2D eigenvalue weighted by Gasteiger charge is -2.25. The zero-order valence-electron chi connectivity index (χ0n) is 12.9. The summed E-state index contributed by atoms with van der Waals surface area (Å²) >= 11 is 0. The summed E-state index contributed by atoms with van der Waals surface area (Å²) < 4.78 is 27.4. The van der Waals surface area contributed by atoms with Crippen LogP contribution in [0.2, 0.25) is 0 Å². The maximum atomic E-state index is 12.4. The fourth-order valence-electron chi connectivity index (χ4n) is 2.50. The predicted molar refractivity (Wildman–Crippen MR) is 82.5 cm³/mol. The standard InChI is InChI=1S/C14H26N4O2S/c1-3-8-15-10-13-11(2)17-18-14(13)21(19,20)16-9-7-12-5-4-6-12/h12,15-16H,3-10H2,1-2H3,(H,17,18). The van der Waals surface area contributed by atoms with Crippen LogP contribution in [0.25, 0.3) is 0 Å². The van der Waals surface area contributed by atoms with Crippen molar-refractivity contribution in [1.29, 1.82) is 0 Å². The number of rotatable bonds is 9. The first-order valence-electron chi connectivity index (χ1n) is 7.78. The number of nitrogens with zero attached hydrogens (tertiary/aromatic N) is 1. The quantitative estimate of drug-likeness (QED) is 0.605. The van der Waals surface area contributed by atoms with E-state index < -0.39 is 10.0 Å². The maximum absolute atomic E-state index is 12.4. The summed E-state index contributed by atoms with van der Waals surface area (Å²) in [5.41, 5.74) is 1.54. The Morgan fingerprint density at radius 3 is 2.71 bits per heavy atom. The molecule has 0 aliphatic heterocycles. The molecule has 2 rings (SSSR count). The van der Waals surface area contributed by atoms with Gasteiger partial charge in [-0.1, -0.05) is 26.2 Å². The van der Waals surface area contributed by atoms with Gasteiger partial charge in [-0.15, -0.1) is 0 Å². The van der Waals surface area contributed by atoms with Crippen LogP contribution in [-0.4, -0.2) is 31.7 Å². The molecule has 21 heavy (non-hydrogen) atoms. The second-order valence-electron chi connectivity index (χ2n) is 5.79. The highest BCUT2D eigenvalue weighted by Crippen LogP contribution is 2.29. The van der Waals surface area contributed by atoms with E-state index in [0.29, 0.717) is 19.0 Å². The van der Waals surface area contributed by atoms with E-state index in [1.165, 1.54) is 19.3 Å². The van der Waals surface area contributed by atoms with E-state index in [9.17, 15) is 8.42 Å². The van der Waals surface area contributed by atoms with Gasteiger partial charge in [0.05, 0.1) is 0 Å². The molecule has 0 aromatic carbocycles. The Morgan fingerprint density at radius 2 is 2.10 bits per heavy atom. The fourth-order valence-corrected chi connectivity index (χ4v) is 3.74.